The number of fused-ring (bicyclic) bond motifs is 4. The van der Waals surface area contributed by atoms with Crippen molar-refractivity contribution in [3.8, 4) is 11.4 Å². The first-order valence-corrected chi connectivity index (χ1v) is 9.90. The molecule has 0 atom stereocenters. The highest BCUT2D eigenvalue weighted by Gasteiger charge is 2.30. The van der Waals surface area contributed by atoms with Crippen molar-refractivity contribution in [1.29, 1.82) is 0 Å². The molecule has 29 heavy (non-hydrogen) atoms. The molecule has 2 aliphatic rings. The maximum atomic E-state index is 13.1. The van der Waals surface area contributed by atoms with E-state index >= 15 is 0 Å². The van der Waals surface area contributed by atoms with E-state index in [1.807, 2.05) is 13.0 Å². The number of hydrogen-bond donors (Lipinski definition) is 1. The van der Waals surface area contributed by atoms with Gasteiger partial charge in [0.15, 0.2) is 0 Å². The summed E-state index contributed by atoms with van der Waals surface area (Å²) < 4.78 is 6.39. The van der Waals surface area contributed by atoms with Crippen molar-refractivity contribution in [2.45, 2.75) is 53.2 Å². The molecule has 0 unspecified atom stereocenters. The third kappa shape index (κ3) is 2.51. The molecule has 0 bridgehead atoms. The van der Waals surface area contributed by atoms with E-state index in [4.69, 9.17) is 10.1 Å². The van der Waals surface area contributed by atoms with Gasteiger partial charge in [-0.1, -0.05) is 0 Å². The zero-order chi connectivity index (χ0) is 20.4. The molecule has 1 aliphatic carbocycles. The monoisotopic (exact) mass is 390 g/mol. The van der Waals surface area contributed by atoms with E-state index in [0.717, 1.165) is 47.3 Å². The highest BCUT2D eigenvalue weighted by molar-refractivity contribution is 5.92. The normalized spacial score (nSPS) is 14.0. The summed E-state index contributed by atoms with van der Waals surface area (Å²) in [5, 5.41) is 10.1. The molecule has 0 spiro atoms. The lowest BCUT2D eigenvalue weighted by molar-refractivity contribution is 0.0848. The van der Waals surface area contributed by atoms with Crippen molar-refractivity contribution in [2.24, 2.45) is 0 Å². The Morgan fingerprint density at radius 1 is 1.14 bits per heavy atom. The molecule has 0 radical (unpaired) electrons. The first-order valence-electron chi connectivity index (χ1n) is 9.90. The SMILES string of the molecule is Cc1cc2nc3c(c4c2c(c1C)CCC4)Cn1c-3cc(C)c(COC(=O)O)c1=O. The first-order chi connectivity index (χ1) is 13.9. The van der Waals surface area contributed by atoms with Gasteiger partial charge in [0.05, 0.1) is 29.0 Å². The predicted molar refractivity (Wildman–Crippen MR) is 110 cm³/mol. The van der Waals surface area contributed by atoms with Crippen LogP contribution in [-0.2, 0) is 30.7 Å². The van der Waals surface area contributed by atoms with E-state index in [9.17, 15) is 9.59 Å². The molecule has 6 nitrogen and oxygen atoms in total. The second kappa shape index (κ2) is 6.17. The fraction of sp³-hybridized carbons (Fsp3) is 0.348. The number of rotatable bonds is 2. The largest absolute Gasteiger partial charge is 0.506 e. The number of aromatic nitrogens is 2. The highest BCUT2D eigenvalue weighted by atomic mass is 16.7. The van der Waals surface area contributed by atoms with Crippen molar-refractivity contribution >= 4 is 17.1 Å². The third-order valence-electron chi connectivity index (χ3n) is 6.52. The number of pyridine rings is 2. The molecule has 2 aromatic heterocycles. The molecule has 0 amide bonds. The van der Waals surface area contributed by atoms with Crippen LogP contribution in [0.4, 0.5) is 4.79 Å². The number of nitrogens with zero attached hydrogens (tertiary/aromatic N) is 2. The van der Waals surface area contributed by atoms with Crippen molar-refractivity contribution < 1.29 is 14.6 Å². The Morgan fingerprint density at radius 2 is 1.90 bits per heavy atom. The minimum absolute atomic E-state index is 0.195. The average molecular weight is 390 g/mol. The zero-order valence-electron chi connectivity index (χ0n) is 16.8. The van der Waals surface area contributed by atoms with Gasteiger partial charge in [0.1, 0.15) is 6.61 Å². The maximum Gasteiger partial charge on any atom is 0.506 e. The van der Waals surface area contributed by atoms with Crippen LogP contribution in [0.25, 0.3) is 22.3 Å². The van der Waals surface area contributed by atoms with Crippen molar-refractivity contribution in [3.63, 3.8) is 0 Å². The van der Waals surface area contributed by atoms with Crippen LogP contribution in [0.3, 0.4) is 0 Å². The van der Waals surface area contributed by atoms with Crippen LogP contribution in [0.5, 0.6) is 0 Å². The number of ether oxygens (including phenoxy) is 1. The standard InChI is InChI=1S/C23H22N2O4/c1-11-7-18-20-14(13(11)3)5-4-6-15(20)16-9-25-19(21(16)24-18)8-12(2)17(22(25)26)10-29-23(27)28/h7-8H,4-6,9-10H2,1-3H3,(H,27,28). The summed E-state index contributed by atoms with van der Waals surface area (Å²) in [5.74, 6) is 0. The molecule has 6 heteroatoms. The van der Waals surface area contributed by atoms with Crippen LogP contribution in [0.1, 0.15) is 45.4 Å². The van der Waals surface area contributed by atoms with Crippen LogP contribution in [0.2, 0.25) is 0 Å². The lowest BCUT2D eigenvalue weighted by atomic mass is 9.83. The molecular weight excluding hydrogens is 368 g/mol. The minimum Gasteiger partial charge on any atom is -0.450 e. The van der Waals surface area contributed by atoms with E-state index < -0.39 is 6.16 Å². The Labute approximate surface area is 167 Å². The van der Waals surface area contributed by atoms with Crippen LogP contribution >= 0.6 is 0 Å². The van der Waals surface area contributed by atoms with Crippen molar-refractivity contribution in [1.82, 2.24) is 9.55 Å². The molecule has 3 heterocycles. The van der Waals surface area contributed by atoms with Crippen molar-refractivity contribution in [2.75, 3.05) is 0 Å². The molecule has 0 fully saturated rings. The quantitative estimate of drug-likeness (QED) is 0.523. The third-order valence-corrected chi connectivity index (χ3v) is 6.52. The number of benzene rings is 1. The summed E-state index contributed by atoms with van der Waals surface area (Å²) in [4.78, 5) is 28.9. The van der Waals surface area contributed by atoms with Gasteiger partial charge < -0.3 is 14.4 Å². The van der Waals surface area contributed by atoms with Gasteiger partial charge in [0, 0.05) is 10.9 Å². The van der Waals surface area contributed by atoms with Gasteiger partial charge in [-0.2, -0.15) is 0 Å². The summed E-state index contributed by atoms with van der Waals surface area (Å²) >= 11 is 0. The Balaban J connectivity index is 1.75. The smallest absolute Gasteiger partial charge is 0.450 e. The Morgan fingerprint density at radius 3 is 2.66 bits per heavy atom. The predicted octanol–water partition coefficient (Wildman–Crippen LogP) is 4.03. The maximum absolute atomic E-state index is 13.1. The van der Waals surface area contributed by atoms with E-state index in [1.165, 1.54) is 27.6 Å². The molecule has 0 saturated heterocycles. The molecule has 1 aliphatic heterocycles. The molecule has 0 saturated carbocycles. The first kappa shape index (κ1) is 17.9. The second-order valence-corrected chi connectivity index (χ2v) is 8.10. The van der Waals surface area contributed by atoms with E-state index in [-0.39, 0.29) is 12.2 Å². The van der Waals surface area contributed by atoms with Gasteiger partial charge in [-0.25, -0.2) is 9.78 Å². The summed E-state index contributed by atoms with van der Waals surface area (Å²) in [5.41, 5.74) is 10.1. The van der Waals surface area contributed by atoms with Gasteiger partial charge in [-0.3, -0.25) is 4.79 Å². The topological polar surface area (TPSA) is 81.4 Å². The van der Waals surface area contributed by atoms with Gasteiger partial charge in [-0.15, -0.1) is 0 Å². The average Bonchev–Trinajstić information content (AvgIpc) is 3.04. The van der Waals surface area contributed by atoms with Crippen LogP contribution in [0, 0.1) is 20.8 Å². The van der Waals surface area contributed by atoms with Crippen LogP contribution < -0.4 is 5.56 Å². The Hall–Kier alpha value is -3.15. The van der Waals surface area contributed by atoms with Crippen molar-refractivity contribution in [3.05, 3.63) is 61.4 Å². The molecular formula is C23H22N2O4. The molecule has 3 aromatic rings. The summed E-state index contributed by atoms with van der Waals surface area (Å²) in [6.07, 6.45) is 1.78. The second-order valence-electron chi connectivity index (χ2n) is 8.10. The van der Waals surface area contributed by atoms with Gasteiger partial charge in [0.2, 0.25) is 0 Å². The van der Waals surface area contributed by atoms with E-state index in [2.05, 4.69) is 24.7 Å². The fourth-order valence-corrected chi connectivity index (χ4v) is 4.92. The number of hydrogen-bond acceptors (Lipinski definition) is 4. The molecule has 1 aromatic carbocycles. The summed E-state index contributed by atoms with van der Waals surface area (Å²) in [7, 11) is 0. The van der Waals surface area contributed by atoms with Gasteiger partial charge in [0.25, 0.3) is 5.56 Å². The molecule has 1 N–H and O–H groups in total. The van der Waals surface area contributed by atoms with Crippen LogP contribution in [0.15, 0.2) is 16.9 Å². The number of aryl methyl sites for hydroxylation is 4. The highest BCUT2D eigenvalue weighted by Crippen LogP contribution is 2.41. The van der Waals surface area contributed by atoms with Gasteiger partial charge >= 0.3 is 6.16 Å². The van der Waals surface area contributed by atoms with Crippen LogP contribution in [-0.4, -0.2) is 20.8 Å². The lowest BCUT2D eigenvalue weighted by Gasteiger charge is -2.22. The number of carbonyl (C=O) groups is 1. The Bertz CT molecular complexity index is 1290. The molecule has 5 rings (SSSR count). The zero-order valence-corrected chi connectivity index (χ0v) is 16.8. The van der Waals surface area contributed by atoms with E-state index in [0.29, 0.717) is 12.1 Å². The lowest BCUT2D eigenvalue weighted by Crippen LogP contribution is -2.25. The Kier molecular flexibility index (Phi) is 3.81. The molecule has 148 valence electrons. The minimum atomic E-state index is -1.38. The fourth-order valence-electron chi connectivity index (χ4n) is 4.92. The van der Waals surface area contributed by atoms with Gasteiger partial charge in [-0.05, 0) is 80.0 Å². The summed E-state index contributed by atoms with van der Waals surface area (Å²) in [6, 6.07) is 4.09. The summed E-state index contributed by atoms with van der Waals surface area (Å²) in [6.45, 7) is 6.38. The van der Waals surface area contributed by atoms with E-state index in [1.54, 1.807) is 4.57 Å². The number of carboxylic acid groups (broad SMARTS) is 1.